The maximum Gasteiger partial charge on any atom is 0.255 e. The number of phenolic OH excluding ortho intramolecular Hbond substituents is 1. The number of aliphatic hydroxyl groups is 3. The van der Waals surface area contributed by atoms with Gasteiger partial charge in [0.1, 0.15) is 28.6 Å². The van der Waals surface area contributed by atoms with E-state index in [4.69, 9.17) is 15.2 Å². The van der Waals surface area contributed by atoms with Crippen molar-refractivity contribution in [2.45, 2.75) is 51.0 Å². The van der Waals surface area contributed by atoms with Crippen molar-refractivity contribution in [3.8, 4) is 11.5 Å². The van der Waals surface area contributed by atoms with Crippen LogP contribution in [0.1, 0.15) is 37.0 Å². The fraction of sp³-hybridized carbons (Fsp3) is 0.536. The van der Waals surface area contributed by atoms with Gasteiger partial charge in [0.15, 0.2) is 11.4 Å². The number of carbonyl (C=O) groups is 3. The van der Waals surface area contributed by atoms with Crippen molar-refractivity contribution in [2.75, 3.05) is 34.4 Å². The van der Waals surface area contributed by atoms with Crippen molar-refractivity contribution in [3.63, 3.8) is 0 Å². The van der Waals surface area contributed by atoms with Crippen molar-refractivity contribution in [1.29, 1.82) is 0 Å². The van der Waals surface area contributed by atoms with Gasteiger partial charge in [0, 0.05) is 35.7 Å². The molecule has 4 rings (SSSR count). The summed E-state index contributed by atoms with van der Waals surface area (Å²) in [6, 6.07) is 0.288. The largest absolute Gasteiger partial charge is 0.508 e. The number of phenols is 1. The highest BCUT2D eigenvalue weighted by Gasteiger charge is 2.64. The first-order valence-electron chi connectivity index (χ1n) is 13.2. The molecule has 40 heavy (non-hydrogen) atoms. The van der Waals surface area contributed by atoms with Gasteiger partial charge in [0.25, 0.3) is 5.91 Å². The van der Waals surface area contributed by atoms with Crippen molar-refractivity contribution in [3.05, 3.63) is 39.7 Å². The third kappa shape index (κ3) is 4.54. The molecule has 0 saturated heterocycles. The van der Waals surface area contributed by atoms with Crippen molar-refractivity contribution >= 4 is 23.2 Å². The van der Waals surface area contributed by atoms with E-state index in [0.717, 1.165) is 0 Å². The van der Waals surface area contributed by atoms with Gasteiger partial charge in [-0.15, -0.1) is 0 Å². The number of nitrogens with zero attached hydrogens (tertiary/aromatic N) is 1. The summed E-state index contributed by atoms with van der Waals surface area (Å²) in [7, 11) is 4.58. The molecule has 7 N–H and O–H groups in total. The lowest BCUT2D eigenvalue weighted by molar-refractivity contribution is -0.153. The molecule has 1 aromatic rings. The van der Waals surface area contributed by atoms with E-state index in [9.17, 15) is 34.8 Å². The summed E-state index contributed by atoms with van der Waals surface area (Å²) in [5.41, 5.74) is 2.71. The average Bonchev–Trinajstić information content (AvgIpc) is 2.85. The summed E-state index contributed by atoms with van der Waals surface area (Å²) in [4.78, 5) is 40.7. The summed E-state index contributed by atoms with van der Waals surface area (Å²) < 4.78 is 11.2. The number of fused-ring (bicyclic) bond motifs is 3. The van der Waals surface area contributed by atoms with E-state index in [-0.39, 0.29) is 35.8 Å². The molecular formula is C28H37N3O9. The number of ketones is 2. The van der Waals surface area contributed by atoms with Crippen LogP contribution in [0.5, 0.6) is 11.5 Å². The number of aromatic hydroxyl groups is 1. The Labute approximate surface area is 232 Å². The Balaban J connectivity index is 1.80. The van der Waals surface area contributed by atoms with Gasteiger partial charge in [0.2, 0.25) is 5.78 Å². The number of benzene rings is 1. The molecule has 3 aliphatic carbocycles. The van der Waals surface area contributed by atoms with Crippen LogP contribution in [0.15, 0.2) is 23.0 Å². The van der Waals surface area contributed by atoms with Crippen molar-refractivity contribution < 1.29 is 44.3 Å². The summed E-state index contributed by atoms with van der Waals surface area (Å²) in [6.45, 7) is 5.25. The minimum atomic E-state index is -2.67. The van der Waals surface area contributed by atoms with Crippen LogP contribution in [0.3, 0.4) is 0 Å². The Kier molecular flexibility index (Phi) is 8.01. The second kappa shape index (κ2) is 10.8. The van der Waals surface area contributed by atoms with Gasteiger partial charge in [-0.05, 0) is 52.8 Å². The molecular weight excluding hydrogens is 522 g/mol. The van der Waals surface area contributed by atoms with Crippen molar-refractivity contribution in [2.24, 2.45) is 17.6 Å². The Morgan fingerprint density at radius 3 is 2.50 bits per heavy atom. The SMILES string of the molecule is COc1c(CNCCOC(C)C)cc(O)c2c1C[C@H]1C[C@H]3[C@H](N(C)C)C(=O)C(C(N)=O)=C(O)[C@@]3(O)C(=O)C1=C2O. The summed E-state index contributed by atoms with van der Waals surface area (Å²) in [5, 5.41) is 48.1. The molecule has 3 aliphatic rings. The van der Waals surface area contributed by atoms with Crippen LogP contribution < -0.4 is 15.8 Å². The molecule has 0 unspecified atom stereocenters. The molecule has 1 amide bonds. The predicted molar refractivity (Wildman–Crippen MR) is 144 cm³/mol. The lowest BCUT2D eigenvalue weighted by Crippen LogP contribution is -2.65. The Hall–Kier alpha value is -3.45. The topological polar surface area (TPSA) is 192 Å². The van der Waals surface area contributed by atoms with E-state index in [0.29, 0.717) is 36.6 Å². The Bertz CT molecular complexity index is 1320. The van der Waals surface area contributed by atoms with E-state index in [1.54, 1.807) is 14.1 Å². The van der Waals surface area contributed by atoms with E-state index in [1.807, 2.05) is 13.8 Å². The zero-order valence-electron chi connectivity index (χ0n) is 23.3. The number of hydrogen-bond donors (Lipinski definition) is 6. The number of ether oxygens (including phenoxy) is 2. The van der Waals surface area contributed by atoms with Crippen LogP contribution in [-0.2, 0) is 32.1 Å². The smallest absolute Gasteiger partial charge is 0.255 e. The molecule has 0 bridgehead atoms. The number of aliphatic hydroxyl groups excluding tert-OH is 2. The molecule has 0 aliphatic heterocycles. The molecule has 4 atom stereocenters. The van der Waals surface area contributed by atoms with Gasteiger partial charge in [-0.1, -0.05) is 0 Å². The number of primary amides is 1. The average molecular weight is 560 g/mol. The van der Waals surface area contributed by atoms with Crippen LogP contribution in [0.4, 0.5) is 0 Å². The maximum absolute atomic E-state index is 13.9. The summed E-state index contributed by atoms with van der Waals surface area (Å²) >= 11 is 0. The number of methoxy groups -OCH3 is 1. The molecule has 1 aromatic carbocycles. The number of carbonyl (C=O) groups excluding carboxylic acids is 3. The molecule has 0 spiro atoms. The summed E-state index contributed by atoms with van der Waals surface area (Å²) in [5.74, 6) is -6.49. The maximum atomic E-state index is 13.9. The van der Waals surface area contributed by atoms with Gasteiger partial charge >= 0.3 is 0 Å². The first-order valence-corrected chi connectivity index (χ1v) is 13.2. The minimum Gasteiger partial charge on any atom is -0.508 e. The molecule has 0 aromatic heterocycles. The molecule has 1 saturated carbocycles. The fourth-order valence-electron chi connectivity index (χ4n) is 6.33. The van der Waals surface area contributed by atoms with Crippen LogP contribution in [0, 0.1) is 11.8 Å². The zero-order chi connectivity index (χ0) is 29.7. The number of rotatable bonds is 9. The lowest BCUT2D eigenvalue weighted by Gasteiger charge is -2.50. The fourth-order valence-corrected chi connectivity index (χ4v) is 6.33. The number of likely N-dealkylation sites (N-methyl/N-ethyl adjacent to an activating group) is 1. The second-order valence-corrected chi connectivity index (χ2v) is 11.0. The van der Waals surface area contributed by atoms with Gasteiger partial charge in [-0.2, -0.15) is 0 Å². The monoisotopic (exact) mass is 559 g/mol. The first-order chi connectivity index (χ1) is 18.8. The number of Topliss-reactive ketones (excluding diaryl/α,β-unsaturated/α-hetero) is 2. The van der Waals surface area contributed by atoms with E-state index < -0.39 is 58.0 Å². The van der Waals surface area contributed by atoms with Crippen LogP contribution in [0.25, 0.3) is 5.76 Å². The van der Waals surface area contributed by atoms with Gasteiger partial charge in [-0.25, -0.2) is 0 Å². The van der Waals surface area contributed by atoms with Gasteiger partial charge < -0.3 is 41.0 Å². The highest BCUT2D eigenvalue weighted by atomic mass is 16.5. The Morgan fingerprint density at radius 1 is 1.25 bits per heavy atom. The lowest BCUT2D eigenvalue weighted by atomic mass is 9.57. The third-order valence-corrected chi connectivity index (χ3v) is 8.00. The Morgan fingerprint density at radius 2 is 1.93 bits per heavy atom. The quantitative estimate of drug-likeness (QED) is 0.182. The normalized spacial score (nSPS) is 26.2. The number of hydrogen-bond acceptors (Lipinski definition) is 11. The van der Waals surface area contributed by atoms with Crippen LogP contribution in [-0.4, -0.2) is 94.9 Å². The zero-order valence-corrected chi connectivity index (χ0v) is 23.3. The number of amides is 1. The minimum absolute atomic E-state index is 0.00466. The molecule has 12 nitrogen and oxygen atoms in total. The van der Waals surface area contributed by atoms with Crippen molar-refractivity contribution in [1.82, 2.24) is 10.2 Å². The standard InChI is InChI=1S/C28H37N3O9/c1-12(2)40-7-6-30-11-14-10-17(32)19-15(24(14)39-5)8-13-9-16-21(31(3)4)23(34)20(27(29)37)26(36)28(16,38)25(35)18(13)22(19)33/h10,12-13,16,21,30,32-33,36,38H,6-9,11H2,1-5H3,(H2,29,37)/t13-,16-,21-,28-/m0/s1. The number of nitrogens with one attached hydrogen (secondary N) is 1. The van der Waals surface area contributed by atoms with Crippen LogP contribution in [0.2, 0.25) is 0 Å². The van der Waals surface area contributed by atoms with E-state index in [1.165, 1.54) is 18.1 Å². The summed E-state index contributed by atoms with van der Waals surface area (Å²) in [6.07, 6.45) is 0.246. The predicted octanol–water partition coefficient (Wildman–Crippen LogP) is 0.487. The highest BCUT2D eigenvalue weighted by molar-refractivity contribution is 6.24. The van der Waals surface area contributed by atoms with E-state index >= 15 is 0 Å². The third-order valence-electron chi connectivity index (χ3n) is 8.00. The molecule has 0 radical (unpaired) electrons. The highest BCUT2D eigenvalue weighted by Crippen LogP contribution is 2.54. The second-order valence-electron chi connectivity index (χ2n) is 11.0. The van der Waals surface area contributed by atoms with Gasteiger partial charge in [-0.3, -0.25) is 19.3 Å². The first kappa shape index (κ1) is 29.5. The molecule has 0 heterocycles. The molecule has 12 heteroatoms. The van der Waals surface area contributed by atoms with E-state index in [2.05, 4.69) is 5.32 Å². The van der Waals surface area contributed by atoms with Gasteiger partial charge in [0.05, 0.1) is 31.4 Å². The van der Waals surface area contributed by atoms with Crippen LogP contribution >= 0.6 is 0 Å². The molecule has 1 fully saturated rings. The number of nitrogens with two attached hydrogens (primary N) is 1. The molecule has 218 valence electrons.